The number of aromatic nitrogens is 1. The molecule has 2 aromatic heterocycles. The molecule has 0 saturated heterocycles. The highest BCUT2D eigenvalue weighted by atomic mass is 127. The predicted octanol–water partition coefficient (Wildman–Crippen LogP) is 2.76. The van der Waals surface area contributed by atoms with Crippen LogP contribution >= 0.6 is 24.0 Å². The van der Waals surface area contributed by atoms with Gasteiger partial charge in [0, 0.05) is 51.2 Å². The molecule has 0 aliphatic rings. The lowest BCUT2D eigenvalue weighted by Crippen LogP contribution is -2.39. The van der Waals surface area contributed by atoms with E-state index < -0.39 is 0 Å². The molecule has 0 radical (unpaired) electrons. The van der Waals surface area contributed by atoms with Gasteiger partial charge in [-0.3, -0.25) is 9.79 Å². The Kier molecular flexibility index (Phi) is 9.98. The van der Waals surface area contributed by atoms with Crippen molar-refractivity contribution in [3.63, 3.8) is 0 Å². The van der Waals surface area contributed by atoms with Crippen molar-refractivity contribution in [1.82, 2.24) is 20.1 Å². The smallest absolute Gasteiger partial charge is 0.287 e. The number of hydrogen-bond acceptors (Lipinski definition) is 3. The third-order valence-corrected chi connectivity index (χ3v) is 4.10. The van der Waals surface area contributed by atoms with Crippen molar-refractivity contribution in [1.29, 1.82) is 0 Å². The van der Waals surface area contributed by atoms with Crippen LogP contribution < -0.4 is 10.6 Å². The summed E-state index contributed by atoms with van der Waals surface area (Å²) in [4.78, 5) is 18.7. The monoisotopic (exact) mass is 487 g/mol. The SMILES string of the molecule is CCNC(=NCCCNC(=O)c1occc1C)N(C)Cc1cccn1C.I. The Morgan fingerprint density at radius 2 is 2.11 bits per heavy atom. The molecule has 1 amide bonds. The summed E-state index contributed by atoms with van der Waals surface area (Å²) in [6.45, 7) is 6.70. The summed E-state index contributed by atoms with van der Waals surface area (Å²) in [7, 11) is 4.06. The van der Waals surface area contributed by atoms with E-state index in [1.807, 2.05) is 33.3 Å². The molecule has 27 heavy (non-hydrogen) atoms. The molecule has 2 N–H and O–H groups in total. The third-order valence-electron chi connectivity index (χ3n) is 4.10. The first-order valence-corrected chi connectivity index (χ1v) is 8.94. The van der Waals surface area contributed by atoms with Crippen molar-refractivity contribution < 1.29 is 9.21 Å². The van der Waals surface area contributed by atoms with Crippen molar-refractivity contribution in [2.24, 2.45) is 12.0 Å². The molecule has 0 aromatic carbocycles. The standard InChI is InChI=1S/C19H29N5O2.HI/c1-5-20-19(24(4)14-16-8-6-12-23(16)3)22-11-7-10-21-18(25)17-15(2)9-13-26-17;/h6,8-9,12-13H,5,7,10-11,14H2,1-4H3,(H,20,22)(H,21,25);1H. The number of nitrogens with one attached hydrogen (secondary N) is 2. The van der Waals surface area contributed by atoms with E-state index in [1.54, 1.807) is 6.07 Å². The predicted molar refractivity (Wildman–Crippen MR) is 119 cm³/mol. The molecule has 8 heteroatoms. The van der Waals surface area contributed by atoms with E-state index in [0.29, 0.717) is 18.8 Å². The summed E-state index contributed by atoms with van der Waals surface area (Å²) < 4.78 is 7.29. The van der Waals surface area contributed by atoms with Crippen LogP contribution in [0.2, 0.25) is 0 Å². The number of aliphatic imine (C=N–C) groups is 1. The van der Waals surface area contributed by atoms with Gasteiger partial charge in [0.05, 0.1) is 12.8 Å². The van der Waals surface area contributed by atoms with Crippen LogP contribution in [-0.2, 0) is 13.6 Å². The minimum absolute atomic E-state index is 0. The molecule has 0 atom stereocenters. The molecule has 2 aromatic rings. The van der Waals surface area contributed by atoms with Gasteiger partial charge in [0.25, 0.3) is 5.91 Å². The molecule has 7 nitrogen and oxygen atoms in total. The van der Waals surface area contributed by atoms with Gasteiger partial charge in [-0.2, -0.15) is 0 Å². The van der Waals surface area contributed by atoms with Crippen LogP contribution in [0.3, 0.4) is 0 Å². The van der Waals surface area contributed by atoms with Gasteiger partial charge in [-0.1, -0.05) is 0 Å². The second kappa shape index (κ2) is 11.7. The molecule has 0 saturated carbocycles. The van der Waals surface area contributed by atoms with E-state index in [9.17, 15) is 4.79 Å². The van der Waals surface area contributed by atoms with Gasteiger partial charge >= 0.3 is 0 Å². The first kappa shape index (κ1) is 23.1. The van der Waals surface area contributed by atoms with E-state index in [2.05, 4.69) is 38.1 Å². The molecule has 2 rings (SSSR count). The molecule has 2 heterocycles. The molecule has 0 aliphatic carbocycles. The van der Waals surface area contributed by atoms with Gasteiger partial charge in [0.1, 0.15) is 0 Å². The lowest BCUT2D eigenvalue weighted by molar-refractivity contribution is 0.0925. The highest BCUT2D eigenvalue weighted by molar-refractivity contribution is 14.0. The summed E-state index contributed by atoms with van der Waals surface area (Å²) >= 11 is 0. The Morgan fingerprint density at radius 3 is 2.70 bits per heavy atom. The van der Waals surface area contributed by atoms with E-state index in [0.717, 1.165) is 31.0 Å². The van der Waals surface area contributed by atoms with Crippen molar-refractivity contribution in [2.75, 3.05) is 26.7 Å². The van der Waals surface area contributed by atoms with Gasteiger partial charge in [0.2, 0.25) is 0 Å². The lowest BCUT2D eigenvalue weighted by atomic mass is 10.2. The van der Waals surface area contributed by atoms with Crippen molar-refractivity contribution in [3.05, 3.63) is 47.7 Å². The van der Waals surface area contributed by atoms with Crippen LogP contribution in [0.1, 0.15) is 35.2 Å². The Morgan fingerprint density at radius 1 is 1.33 bits per heavy atom. The van der Waals surface area contributed by atoms with Crippen LogP contribution in [0.15, 0.2) is 40.1 Å². The van der Waals surface area contributed by atoms with Gasteiger partial charge in [-0.15, -0.1) is 24.0 Å². The number of aryl methyl sites for hydroxylation is 2. The van der Waals surface area contributed by atoms with E-state index >= 15 is 0 Å². The molecule has 0 fully saturated rings. The fourth-order valence-electron chi connectivity index (χ4n) is 2.60. The van der Waals surface area contributed by atoms with E-state index in [-0.39, 0.29) is 29.9 Å². The minimum Gasteiger partial charge on any atom is -0.459 e. The Bertz CT molecular complexity index is 738. The van der Waals surface area contributed by atoms with Crippen molar-refractivity contribution in [2.45, 2.75) is 26.8 Å². The number of amides is 1. The van der Waals surface area contributed by atoms with Crippen molar-refractivity contribution >= 4 is 35.8 Å². The fourth-order valence-corrected chi connectivity index (χ4v) is 2.60. The quantitative estimate of drug-likeness (QED) is 0.260. The number of carbonyl (C=O) groups excluding carboxylic acids is 1. The number of halogens is 1. The maximum atomic E-state index is 12.0. The topological polar surface area (TPSA) is 74.8 Å². The summed E-state index contributed by atoms with van der Waals surface area (Å²) in [6, 6.07) is 5.92. The van der Waals surface area contributed by atoms with Gasteiger partial charge in [0.15, 0.2) is 11.7 Å². The maximum Gasteiger partial charge on any atom is 0.287 e. The average Bonchev–Trinajstić information content (AvgIpc) is 3.22. The highest BCUT2D eigenvalue weighted by Crippen LogP contribution is 2.08. The second-order valence-corrected chi connectivity index (χ2v) is 6.24. The Labute approximate surface area is 178 Å². The van der Waals surface area contributed by atoms with Crippen molar-refractivity contribution in [3.8, 4) is 0 Å². The number of guanidine groups is 1. The summed E-state index contributed by atoms with van der Waals surface area (Å²) in [5, 5.41) is 6.17. The fraction of sp³-hybridized carbons (Fsp3) is 0.474. The lowest BCUT2D eigenvalue weighted by Gasteiger charge is -2.22. The first-order chi connectivity index (χ1) is 12.5. The first-order valence-electron chi connectivity index (χ1n) is 8.94. The summed E-state index contributed by atoms with van der Waals surface area (Å²) in [5.74, 6) is 1.07. The van der Waals surface area contributed by atoms with Gasteiger partial charge in [-0.05, 0) is 38.5 Å². The number of rotatable bonds is 8. The molecule has 0 bridgehead atoms. The van der Waals surface area contributed by atoms with Crippen LogP contribution in [-0.4, -0.2) is 48.0 Å². The van der Waals surface area contributed by atoms with E-state index in [4.69, 9.17) is 4.42 Å². The molecule has 0 aliphatic heterocycles. The number of furan rings is 1. The molecular formula is C19H30IN5O2. The normalized spacial score (nSPS) is 11.0. The van der Waals surface area contributed by atoms with E-state index in [1.165, 1.54) is 12.0 Å². The zero-order valence-corrected chi connectivity index (χ0v) is 18.8. The van der Waals surface area contributed by atoms with Crippen LogP contribution in [0.5, 0.6) is 0 Å². The van der Waals surface area contributed by atoms with Gasteiger partial charge in [-0.25, -0.2) is 0 Å². The van der Waals surface area contributed by atoms with Crippen LogP contribution in [0.4, 0.5) is 0 Å². The minimum atomic E-state index is -0.177. The zero-order valence-electron chi connectivity index (χ0n) is 16.5. The number of carbonyl (C=O) groups is 1. The number of nitrogens with zero attached hydrogens (tertiary/aromatic N) is 3. The maximum absolute atomic E-state index is 12.0. The Balaban J connectivity index is 0.00000364. The van der Waals surface area contributed by atoms with Gasteiger partial charge < -0.3 is 24.5 Å². The largest absolute Gasteiger partial charge is 0.459 e. The highest BCUT2D eigenvalue weighted by Gasteiger charge is 2.11. The average molecular weight is 487 g/mol. The summed E-state index contributed by atoms with van der Waals surface area (Å²) in [6.07, 6.45) is 4.33. The summed E-state index contributed by atoms with van der Waals surface area (Å²) in [5.41, 5.74) is 2.07. The Hall–Kier alpha value is -1.97. The molecule has 0 spiro atoms. The molecule has 0 unspecified atom stereocenters. The molecule has 150 valence electrons. The molecular weight excluding hydrogens is 457 g/mol. The second-order valence-electron chi connectivity index (χ2n) is 6.24. The zero-order chi connectivity index (χ0) is 18.9. The number of hydrogen-bond donors (Lipinski definition) is 2. The van der Waals surface area contributed by atoms with Crippen LogP contribution in [0, 0.1) is 6.92 Å². The van der Waals surface area contributed by atoms with Crippen LogP contribution in [0.25, 0.3) is 0 Å². The third kappa shape index (κ3) is 6.93.